The number of H-pyrrole nitrogens is 1. The molecule has 1 atom stereocenters. The molecule has 0 aliphatic rings. The summed E-state index contributed by atoms with van der Waals surface area (Å²) in [6, 6.07) is 8.17. The van der Waals surface area contributed by atoms with Crippen molar-refractivity contribution < 1.29 is 28.2 Å². The van der Waals surface area contributed by atoms with Crippen LogP contribution >= 0.6 is 0 Å². The quantitative estimate of drug-likeness (QED) is 0.412. The van der Waals surface area contributed by atoms with Gasteiger partial charge in [0.25, 0.3) is 0 Å². The van der Waals surface area contributed by atoms with Gasteiger partial charge >= 0.3 is 12.1 Å². The van der Waals surface area contributed by atoms with E-state index >= 15 is 0 Å². The number of nitrogens with two attached hydrogens (primary N) is 1. The Kier molecular flexibility index (Phi) is 11.1. The van der Waals surface area contributed by atoms with E-state index in [2.05, 4.69) is 41.2 Å². The molecule has 0 amide bonds. The van der Waals surface area contributed by atoms with Crippen LogP contribution in [0.4, 0.5) is 13.2 Å². The molecule has 5 N–H and O–H groups in total. The highest BCUT2D eigenvalue weighted by atomic mass is 19.4. The summed E-state index contributed by atoms with van der Waals surface area (Å²) in [5, 5.41) is 16.2. The second-order valence-corrected chi connectivity index (χ2v) is 6.99. The summed E-state index contributed by atoms with van der Waals surface area (Å²) in [6.07, 6.45) is 5.82. The summed E-state index contributed by atoms with van der Waals surface area (Å²) in [4.78, 5) is 16.3. The molecule has 1 heterocycles. The SMILES string of the molecule is CCCCCCCCc1ccc(-c2cnc([C@H](N)CO)[nH]2)cc1.O=C(O)C(F)(F)F. The third-order valence-electron chi connectivity index (χ3n) is 4.47. The molecule has 2 aromatic rings. The number of aliphatic hydroxyl groups excluding tert-OH is 1. The molecular weight excluding hydrogens is 399 g/mol. The van der Waals surface area contributed by atoms with Gasteiger partial charge < -0.3 is 20.9 Å². The lowest BCUT2D eigenvalue weighted by atomic mass is 10.0. The van der Waals surface area contributed by atoms with Gasteiger partial charge in [-0.15, -0.1) is 0 Å². The van der Waals surface area contributed by atoms with Crippen molar-refractivity contribution in [3.05, 3.63) is 41.9 Å². The average molecular weight is 429 g/mol. The van der Waals surface area contributed by atoms with Gasteiger partial charge in [0, 0.05) is 0 Å². The number of nitrogens with zero attached hydrogens (tertiary/aromatic N) is 1. The Morgan fingerprint density at radius 1 is 1.13 bits per heavy atom. The number of halogens is 3. The van der Waals surface area contributed by atoms with Crippen LogP contribution in [0.1, 0.15) is 62.9 Å². The number of nitrogens with one attached hydrogen (secondary N) is 1. The number of alkyl halides is 3. The van der Waals surface area contributed by atoms with Crippen molar-refractivity contribution in [3.8, 4) is 11.3 Å². The smallest absolute Gasteiger partial charge is 0.475 e. The number of hydrogen-bond acceptors (Lipinski definition) is 4. The van der Waals surface area contributed by atoms with Gasteiger partial charge in [0.2, 0.25) is 0 Å². The summed E-state index contributed by atoms with van der Waals surface area (Å²) in [6.45, 7) is 2.14. The summed E-state index contributed by atoms with van der Waals surface area (Å²) >= 11 is 0. The van der Waals surface area contributed by atoms with Crippen molar-refractivity contribution in [1.82, 2.24) is 9.97 Å². The van der Waals surface area contributed by atoms with Gasteiger partial charge in [-0.1, -0.05) is 63.3 Å². The van der Waals surface area contributed by atoms with Gasteiger partial charge in [0.05, 0.1) is 24.5 Å². The van der Waals surface area contributed by atoms with Crippen molar-refractivity contribution in [2.24, 2.45) is 5.73 Å². The van der Waals surface area contributed by atoms with Gasteiger partial charge in [0.1, 0.15) is 5.82 Å². The molecule has 0 bridgehead atoms. The van der Waals surface area contributed by atoms with Gasteiger partial charge in [0.15, 0.2) is 0 Å². The molecule has 6 nitrogen and oxygen atoms in total. The molecule has 2 rings (SSSR count). The Labute approximate surface area is 174 Å². The first-order chi connectivity index (χ1) is 14.2. The maximum atomic E-state index is 10.6. The summed E-state index contributed by atoms with van der Waals surface area (Å²) in [5.74, 6) is -2.13. The Morgan fingerprint density at radius 3 is 2.23 bits per heavy atom. The molecule has 0 aliphatic carbocycles. The lowest BCUT2D eigenvalue weighted by Crippen LogP contribution is -2.21. The van der Waals surface area contributed by atoms with E-state index < -0.39 is 18.2 Å². The molecule has 0 saturated carbocycles. The second-order valence-electron chi connectivity index (χ2n) is 6.99. The molecule has 0 saturated heterocycles. The zero-order valence-electron chi connectivity index (χ0n) is 17.1. The fourth-order valence-corrected chi connectivity index (χ4v) is 2.72. The lowest BCUT2D eigenvalue weighted by molar-refractivity contribution is -0.192. The predicted octanol–water partition coefficient (Wildman–Crippen LogP) is 4.61. The minimum atomic E-state index is -5.08. The van der Waals surface area contributed by atoms with Crippen LogP contribution in [0.25, 0.3) is 11.3 Å². The highest BCUT2D eigenvalue weighted by Gasteiger charge is 2.38. The summed E-state index contributed by atoms with van der Waals surface area (Å²) < 4.78 is 31.7. The van der Waals surface area contributed by atoms with Crippen LogP contribution in [0.15, 0.2) is 30.5 Å². The molecule has 0 unspecified atom stereocenters. The lowest BCUT2D eigenvalue weighted by Gasteiger charge is -2.05. The largest absolute Gasteiger partial charge is 0.490 e. The van der Waals surface area contributed by atoms with Crippen molar-refractivity contribution in [3.63, 3.8) is 0 Å². The first kappa shape index (κ1) is 25.6. The van der Waals surface area contributed by atoms with E-state index in [1.54, 1.807) is 6.20 Å². The normalized spacial score (nSPS) is 12.2. The molecule has 0 radical (unpaired) electrons. The fraction of sp³-hybridized carbons (Fsp3) is 0.524. The minimum Gasteiger partial charge on any atom is -0.475 e. The third-order valence-corrected chi connectivity index (χ3v) is 4.47. The highest BCUT2D eigenvalue weighted by Crippen LogP contribution is 2.20. The van der Waals surface area contributed by atoms with E-state index in [1.807, 2.05) is 0 Å². The maximum absolute atomic E-state index is 10.6. The van der Waals surface area contributed by atoms with Gasteiger partial charge in [-0.25, -0.2) is 9.78 Å². The number of hydrogen-bond donors (Lipinski definition) is 4. The molecule has 0 spiro atoms. The van der Waals surface area contributed by atoms with Crippen LogP contribution in [-0.2, 0) is 11.2 Å². The Balaban J connectivity index is 0.000000553. The number of unbranched alkanes of at least 4 members (excludes halogenated alkanes) is 5. The van der Waals surface area contributed by atoms with Crippen molar-refractivity contribution in [2.75, 3.05) is 6.61 Å². The number of carboxylic acid groups (broad SMARTS) is 1. The number of carbonyl (C=O) groups is 1. The van der Waals surface area contributed by atoms with Crippen molar-refractivity contribution in [1.29, 1.82) is 0 Å². The third kappa shape index (κ3) is 9.41. The van der Waals surface area contributed by atoms with E-state index in [-0.39, 0.29) is 6.61 Å². The van der Waals surface area contributed by atoms with Crippen LogP contribution in [0.2, 0.25) is 0 Å². The molecule has 0 aliphatic heterocycles. The number of aryl methyl sites for hydroxylation is 1. The number of rotatable bonds is 10. The standard InChI is InChI=1S/C19H29N3O.C2HF3O2/c1-2-3-4-5-6-7-8-15-9-11-16(12-10-15)18-13-21-19(22-18)17(20)14-23;3-2(4,5)1(6)7/h9-13,17,23H,2-8,14,20H2,1H3,(H,21,22);(H,6,7)/t17-;/m1./s1. The second kappa shape index (κ2) is 13.0. The number of imidazole rings is 1. The van der Waals surface area contributed by atoms with Crippen molar-refractivity contribution >= 4 is 5.97 Å². The molecule has 168 valence electrons. The van der Waals surface area contributed by atoms with Crippen molar-refractivity contribution in [2.45, 2.75) is 64.1 Å². The molecule has 30 heavy (non-hydrogen) atoms. The van der Waals surface area contributed by atoms with E-state index in [9.17, 15) is 13.2 Å². The Morgan fingerprint density at radius 2 is 1.70 bits per heavy atom. The molecule has 1 aromatic heterocycles. The average Bonchev–Trinajstić information content (AvgIpc) is 3.20. The summed E-state index contributed by atoms with van der Waals surface area (Å²) in [5.41, 5.74) is 9.19. The molecule has 0 fully saturated rings. The highest BCUT2D eigenvalue weighted by molar-refractivity contribution is 5.73. The molecule has 1 aromatic carbocycles. The van der Waals surface area contributed by atoms with Crippen LogP contribution in [0.3, 0.4) is 0 Å². The number of carboxylic acids is 1. The Bertz CT molecular complexity index is 746. The zero-order chi connectivity index (χ0) is 22.6. The number of benzene rings is 1. The van der Waals surface area contributed by atoms with Gasteiger partial charge in [-0.2, -0.15) is 13.2 Å². The monoisotopic (exact) mass is 429 g/mol. The minimum absolute atomic E-state index is 0.107. The number of aromatic amines is 1. The van der Waals surface area contributed by atoms with E-state index in [4.69, 9.17) is 20.7 Å². The van der Waals surface area contributed by atoms with Crippen LogP contribution in [-0.4, -0.2) is 38.9 Å². The molecular formula is C21H30F3N3O3. The molecule has 9 heteroatoms. The zero-order valence-corrected chi connectivity index (χ0v) is 17.1. The predicted molar refractivity (Wildman–Crippen MR) is 109 cm³/mol. The van der Waals surface area contributed by atoms with Gasteiger partial charge in [-0.3, -0.25) is 0 Å². The summed E-state index contributed by atoms with van der Waals surface area (Å²) in [7, 11) is 0. The number of aliphatic hydroxyl groups is 1. The first-order valence-electron chi connectivity index (χ1n) is 9.99. The van der Waals surface area contributed by atoms with E-state index in [1.165, 1.54) is 44.1 Å². The number of aromatic nitrogens is 2. The van der Waals surface area contributed by atoms with E-state index in [0.717, 1.165) is 17.7 Å². The Hall–Kier alpha value is -2.39. The van der Waals surface area contributed by atoms with Crippen LogP contribution < -0.4 is 5.73 Å². The van der Waals surface area contributed by atoms with Gasteiger partial charge in [-0.05, 0) is 24.0 Å². The van der Waals surface area contributed by atoms with Crippen LogP contribution in [0, 0.1) is 0 Å². The fourth-order valence-electron chi connectivity index (χ4n) is 2.72. The van der Waals surface area contributed by atoms with E-state index in [0.29, 0.717) is 5.82 Å². The first-order valence-corrected chi connectivity index (χ1v) is 9.99. The maximum Gasteiger partial charge on any atom is 0.490 e. The topological polar surface area (TPSA) is 112 Å². The number of aliphatic carboxylic acids is 1. The van der Waals surface area contributed by atoms with Crippen LogP contribution in [0.5, 0.6) is 0 Å².